The van der Waals surface area contributed by atoms with Gasteiger partial charge in [0, 0.05) is 13.0 Å². The standard InChI is InChI=1S/C49H92O14/c1-3-5-7-9-11-13-15-17-18-19-21-23-25-27-29-31-33-58-35-38(61-41(51)32-30-28-26-24-22-20-16-14-12-10-8-6-4-2)36-59-48-47(57)45(55)43(53)40(63-48)37-60-49-46(56)44(54)42(52)39(34-50)62-49/h14,16,38-40,42-50,52-57H,3-13,15,17-37H2,1-2H3/b16-14-. The zero-order valence-electron chi connectivity index (χ0n) is 39.3. The van der Waals surface area contributed by atoms with Crippen LogP contribution in [0.2, 0.25) is 0 Å². The van der Waals surface area contributed by atoms with E-state index in [1.54, 1.807) is 0 Å². The molecule has 14 nitrogen and oxygen atoms in total. The zero-order valence-corrected chi connectivity index (χ0v) is 39.3. The Morgan fingerprint density at radius 3 is 1.46 bits per heavy atom. The molecule has 372 valence electrons. The summed E-state index contributed by atoms with van der Waals surface area (Å²) in [5.41, 5.74) is 0. The molecule has 0 bridgehead atoms. The van der Waals surface area contributed by atoms with Crippen molar-refractivity contribution in [2.75, 3.05) is 33.0 Å². The lowest BCUT2D eigenvalue weighted by atomic mass is 9.98. The van der Waals surface area contributed by atoms with Crippen molar-refractivity contribution >= 4 is 5.97 Å². The third kappa shape index (κ3) is 26.0. The Morgan fingerprint density at radius 1 is 0.508 bits per heavy atom. The van der Waals surface area contributed by atoms with E-state index in [1.807, 2.05) is 0 Å². The van der Waals surface area contributed by atoms with Crippen LogP contribution in [0.3, 0.4) is 0 Å². The van der Waals surface area contributed by atoms with Crippen molar-refractivity contribution in [1.29, 1.82) is 0 Å². The van der Waals surface area contributed by atoms with Crippen molar-refractivity contribution in [3.05, 3.63) is 12.2 Å². The van der Waals surface area contributed by atoms with E-state index in [0.717, 1.165) is 57.8 Å². The number of rotatable bonds is 40. The van der Waals surface area contributed by atoms with E-state index in [-0.39, 0.29) is 25.6 Å². The number of aliphatic hydroxyl groups excluding tert-OH is 7. The molecule has 0 radical (unpaired) electrons. The number of hydrogen-bond acceptors (Lipinski definition) is 14. The molecule has 0 aromatic rings. The number of carbonyl (C=O) groups excluding carboxylic acids is 1. The van der Waals surface area contributed by atoms with E-state index in [9.17, 15) is 40.5 Å². The van der Waals surface area contributed by atoms with E-state index < -0.39 is 80.7 Å². The summed E-state index contributed by atoms with van der Waals surface area (Å²) in [5, 5.41) is 72.0. The van der Waals surface area contributed by atoms with E-state index in [4.69, 9.17) is 28.4 Å². The second kappa shape index (κ2) is 37.8. The summed E-state index contributed by atoms with van der Waals surface area (Å²) in [4.78, 5) is 13.0. The minimum Gasteiger partial charge on any atom is -0.457 e. The lowest BCUT2D eigenvalue weighted by Crippen LogP contribution is -2.61. The Hall–Kier alpha value is -1.27. The van der Waals surface area contributed by atoms with Crippen molar-refractivity contribution < 1.29 is 69.0 Å². The number of esters is 1. The molecule has 0 aromatic carbocycles. The molecule has 7 N–H and O–H groups in total. The number of allylic oxidation sites excluding steroid dienone is 2. The van der Waals surface area contributed by atoms with Gasteiger partial charge in [0.25, 0.3) is 0 Å². The molecule has 0 aliphatic carbocycles. The molecule has 0 aromatic heterocycles. The predicted molar refractivity (Wildman–Crippen MR) is 243 cm³/mol. The molecular weight excluding hydrogens is 813 g/mol. The van der Waals surface area contributed by atoms with Gasteiger partial charge in [-0.05, 0) is 38.5 Å². The van der Waals surface area contributed by atoms with Crippen LogP contribution in [-0.2, 0) is 33.2 Å². The van der Waals surface area contributed by atoms with Crippen LogP contribution in [-0.4, -0.2) is 142 Å². The van der Waals surface area contributed by atoms with Crippen molar-refractivity contribution in [2.24, 2.45) is 0 Å². The van der Waals surface area contributed by atoms with E-state index in [0.29, 0.717) is 13.0 Å². The lowest BCUT2D eigenvalue weighted by Gasteiger charge is -2.42. The van der Waals surface area contributed by atoms with Crippen LogP contribution in [0.1, 0.15) is 194 Å². The fourth-order valence-corrected chi connectivity index (χ4v) is 8.10. The molecule has 0 saturated carbocycles. The highest BCUT2D eigenvalue weighted by atomic mass is 16.7. The van der Waals surface area contributed by atoms with Gasteiger partial charge < -0.3 is 64.2 Å². The number of ether oxygens (including phenoxy) is 6. The van der Waals surface area contributed by atoms with Crippen molar-refractivity contribution in [1.82, 2.24) is 0 Å². The Kier molecular flexibility index (Phi) is 34.7. The normalized spacial score (nSPS) is 27.0. The van der Waals surface area contributed by atoms with Crippen molar-refractivity contribution in [2.45, 2.75) is 261 Å². The van der Waals surface area contributed by atoms with Gasteiger partial charge in [0.1, 0.15) is 54.9 Å². The molecule has 0 spiro atoms. The number of carbonyl (C=O) groups is 1. The second-order valence-corrected chi connectivity index (χ2v) is 18.0. The SMILES string of the molecule is CCCCCC/C=C\CCCCCCCC(=O)OC(COCCCCCCCCCCCCCCCCCC)COC1OC(COC2OC(CO)C(O)C(O)C2O)C(O)C(O)C1O. The molecule has 2 heterocycles. The molecule has 2 rings (SSSR count). The molecular formula is C49H92O14. The Balaban J connectivity index is 1.77. The first-order valence-electron chi connectivity index (χ1n) is 25.3. The lowest BCUT2D eigenvalue weighted by molar-refractivity contribution is -0.332. The summed E-state index contributed by atoms with van der Waals surface area (Å²) in [6.07, 6.45) is 21.3. The molecule has 63 heavy (non-hydrogen) atoms. The van der Waals surface area contributed by atoms with Gasteiger partial charge in [-0.3, -0.25) is 4.79 Å². The smallest absolute Gasteiger partial charge is 0.306 e. The van der Waals surface area contributed by atoms with Crippen LogP contribution in [0.25, 0.3) is 0 Å². The maximum absolute atomic E-state index is 13.0. The number of unbranched alkanes of at least 4 members (excludes halogenated alkanes) is 24. The summed E-state index contributed by atoms with van der Waals surface area (Å²) in [7, 11) is 0. The third-order valence-corrected chi connectivity index (χ3v) is 12.3. The van der Waals surface area contributed by atoms with Crippen LogP contribution in [0.5, 0.6) is 0 Å². The monoisotopic (exact) mass is 905 g/mol. The second-order valence-electron chi connectivity index (χ2n) is 18.0. The van der Waals surface area contributed by atoms with Crippen LogP contribution in [0.15, 0.2) is 12.2 Å². The van der Waals surface area contributed by atoms with E-state index in [2.05, 4.69) is 26.0 Å². The first kappa shape index (κ1) is 57.9. The Morgan fingerprint density at radius 2 is 0.937 bits per heavy atom. The van der Waals surface area contributed by atoms with Gasteiger partial charge in [-0.2, -0.15) is 0 Å². The van der Waals surface area contributed by atoms with Gasteiger partial charge >= 0.3 is 5.97 Å². The summed E-state index contributed by atoms with van der Waals surface area (Å²) in [6, 6.07) is 0. The van der Waals surface area contributed by atoms with Gasteiger partial charge in [0.15, 0.2) is 12.6 Å². The summed E-state index contributed by atoms with van der Waals surface area (Å²) >= 11 is 0. The Labute approximate surface area is 380 Å². The summed E-state index contributed by atoms with van der Waals surface area (Å²) in [5.74, 6) is -0.382. The van der Waals surface area contributed by atoms with Crippen LogP contribution in [0.4, 0.5) is 0 Å². The molecule has 2 saturated heterocycles. The summed E-state index contributed by atoms with van der Waals surface area (Å²) in [6.45, 7) is 3.68. The first-order chi connectivity index (χ1) is 30.6. The molecule has 2 aliphatic heterocycles. The largest absolute Gasteiger partial charge is 0.457 e. The highest BCUT2D eigenvalue weighted by Gasteiger charge is 2.47. The quantitative estimate of drug-likeness (QED) is 0.0186. The molecule has 11 atom stereocenters. The first-order valence-corrected chi connectivity index (χ1v) is 25.3. The fourth-order valence-electron chi connectivity index (χ4n) is 8.10. The average molecular weight is 905 g/mol. The van der Waals surface area contributed by atoms with Crippen LogP contribution < -0.4 is 0 Å². The zero-order chi connectivity index (χ0) is 45.9. The maximum Gasteiger partial charge on any atom is 0.306 e. The molecule has 2 aliphatic rings. The van der Waals surface area contributed by atoms with Crippen molar-refractivity contribution in [3.63, 3.8) is 0 Å². The molecule has 11 unspecified atom stereocenters. The van der Waals surface area contributed by atoms with E-state index in [1.165, 1.54) is 109 Å². The fraction of sp³-hybridized carbons (Fsp3) is 0.939. The minimum atomic E-state index is -1.70. The van der Waals surface area contributed by atoms with Crippen molar-refractivity contribution in [3.8, 4) is 0 Å². The number of aliphatic hydroxyl groups is 7. The van der Waals surface area contributed by atoms with E-state index >= 15 is 0 Å². The highest BCUT2D eigenvalue weighted by molar-refractivity contribution is 5.69. The van der Waals surface area contributed by atoms with Gasteiger partial charge in [-0.25, -0.2) is 0 Å². The topological polar surface area (TPSA) is 214 Å². The average Bonchev–Trinajstić information content (AvgIpc) is 3.28. The maximum atomic E-state index is 13.0. The molecule has 14 heteroatoms. The van der Waals surface area contributed by atoms with Crippen LogP contribution in [0, 0.1) is 0 Å². The number of hydrogen-bond donors (Lipinski definition) is 7. The minimum absolute atomic E-state index is 0.0637. The van der Waals surface area contributed by atoms with Gasteiger partial charge in [-0.15, -0.1) is 0 Å². The predicted octanol–water partition coefficient (Wildman–Crippen LogP) is 7.07. The van der Waals surface area contributed by atoms with Crippen LogP contribution >= 0.6 is 0 Å². The summed E-state index contributed by atoms with van der Waals surface area (Å²) < 4.78 is 34.2. The third-order valence-electron chi connectivity index (χ3n) is 12.3. The molecule has 2 fully saturated rings. The van der Waals surface area contributed by atoms with Gasteiger partial charge in [-0.1, -0.05) is 161 Å². The highest BCUT2D eigenvalue weighted by Crippen LogP contribution is 2.26. The van der Waals surface area contributed by atoms with Gasteiger partial charge in [0.05, 0.1) is 26.4 Å². The Bertz CT molecular complexity index is 1100. The van der Waals surface area contributed by atoms with Gasteiger partial charge in [0.2, 0.25) is 0 Å². The molecule has 0 amide bonds.